The second kappa shape index (κ2) is 5.35. The van der Waals surface area contributed by atoms with Gasteiger partial charge in [0.1, 0.15) is 5.75 Å². The van der Waals surface area contributed by atoms with Crippen LogP contribution in [0.1, 0.15) is 43.7 Å². The maximum Gasteiger partial charge on any atom is 0.123 e. The quantitative estimate of drug-likeness (QED) is 0.846. The summed E-state index contributed by atoms with van der Waals surface area (Å²) in [7, 11) is 1.71. The number of methoxy groups -OCH3 is 1. The summed E-state index contributed by atoms with van der Waals surface area (Å²) in [4.78, 5) is 0. The summed E-state index contributed by atoms with van der Waals surface area (Å²) in [6.07, 6.45) is 6.55. The molecule has 0 spiro atoms. The number of ether oxygens (including phenoxy) is 1. The van der Waals surface area contributed by atoms with Gasteiger partial charge in [0.15, 0.2) is 0 Å². The predicted molar refractivity (Wildman–Crippen MR) is 66.5 cm³/mol. The van der Waals surface area contributed by atoms with Gasteiger partial charge >= 0.3 is 0 Å². The number of nitrogens with two attached hydrogens (primary N) is 1. The fourth-order valence-electron chi connectivity index (χ4n) is 2.69. The van der Waals surface area contributed by atoms with Gasteiger partial charge in [-0.05, 0) is 24.8 Å². The van der Waals surface area contributed by atoms with Crippen LogP contribution in [0.5, 0.6) is 5.75 Å². The molecule has 0 aromatic heterocycles. The van der Waals surface area contributed by atoms with Crippen molar-refractivity contribution in [3.05, 3.63) is 29.8 Å². The van der Waals surface area contributed by atoms with Crippen LogP contribution in [-0.4, -0.2) is 7.11 Å². The van der Waals surface area contributed by atoms with Gasteiger partial charge in [0.05, 0.1) is 7.11 Å². The van der Waals surface area contributed by atoms with Crippen molar-refractivity contribution < 1.29 is 4.74 Å². The molecule has 2 N–H and O–H groups in total. The summed E-state index contributed by atoms with van der Waals surface area (Å²) in [6.45, 7) is 0. The third kappa shape index (κ3) is 2.38. The molecule has 2 nitrogen and oxygen atoms in total. The Morgan fingerprint density at radius 3 is 2.56 bits per heavy atom. The zero-order valence-corrected chi connectivity index (χ0v) is 9.99. The van der Waals surface area contributed by atoms with Crippen LogP contribution in [0.15, 0.2) is 24.3 Å². The Balaban J connectivity index is 2.15. The van der Waals surface area contributed by atoms with Crippen LogP contribution >= 0.6 is 0 Å². The summed E-state index contributed by atoms with van der Waals surface area (Å²) in [6, 6.07) is 8.27. The van der Waals surface area contributed by atoms with Crippen molar-refractivity contribution in [2.45, 2.75) is 38.1 Å². The molecule has 0 saturated heterocycles. The highest BCUT2D eigenvalue weighted by Gasteiger charge is 2.23. The number of hydrogen-bond acceptors (Lipinski definition) is 2. The third-order valence-corrected chi connectivity index (χ3v) is 3.66. The molecule has 0 bridgehead atoms. The molecule has 0 unspecified atom stereocenters. The largest absolute Gasteiger partial charge is 0.496 e. The first kappa shape index (κ1) is 11.5. The first-order valence-electron chi connectivity index (χ1n) is 6.21. The molecule has 1 aliphatic rings. The normalized spacial score (nSPS) is 19.4. The Hall–Kier alpha value is -1.02. The van der Waals surface area contributed by atoms with Gasteiger partial charge in [0.2, 0.25) is 0 Å². The van der Waals surface area contributed by atoms with Crippen LogP contribution in [0.2, 0.25) is 0 Å². The molecule has 0 heterocycles. The molecule has 1 atom stereocenters. The molecule has 0 radical (unpaired) electrons. The van der Waals surface area contributed by atoms with Crippen LogP contribution < -0.4 is 10.5 Å². The molecule has 2 heteroatoms. The minimum absolute atomic E-state index is 0.136. The molecule has 1 saturated carbocycles. The molecule has 1 aromatic rings. The van der Waals surface area contributed by atoms with Crippen LogP contribution in [0.25, 0.3) is 0 Å². The van der Waals surface area contributed by atoms with Crippen molar-refractivity contribution in [2.24, 2.45) is 11.7 Å². The lowest BCUT2D eigenvalue weighted by atomic mass is 9.81. The molecule has 0 amide bonds. The SMILES string of the molecule is COc1ccccc1[C@@H](N)C1CCCCC1. The van der Waals surface area contributed by atoms with Gasteiger partial charge in [0, 0.05) is 11.6 Å². The lowest BCUT2D eigenvalue weighted by Gasteiger charge is -2.28. The monoisotopic (exact) mass is 219 g/mol. The number of rotatable bonds is 3. The Morgan fingerprint density at radius 2 is 1.88 bits per heavy atom. The maximum atomic E-state index is 6.37. The van der Waals surface area contributed by atoms with E-state index >= 15 is 0 Å². The number of para-hydroxylation sites is 1. The van der Waals surface area contributed by atoms with E-state index in [2.05, 4.69) is 6.07 Å². The standard InChI is InChI=1S/C14H21NO/c1-16-13-10-6-5-9-12(13)14(15)11-7-3-2-4-8-11/h5-6,9-11,14H,2-4,7-8,15H2,1H3/t14-/m0/s1. The lowest BCUT2D eigenvalue weighted by molar-refractivity contribution is 0.301. The van der Waals surface area contributed by atoms with E-state index < -0.39 is 0 Å². The lowest BCUT2D eigenvalue weighted by Crippen LogP contribution is -2.23. The fraction of sp³-hybridized carbons (Fsp3) is 0.571. The van der Waals surface area contributed by atoms with Crippen molar-refractivity contribution in [1.29, 1.82) is 0 Å². The molecule has 2 rings (SSSR count). The third-order valence-electron chi connectivity index (χ3n) is 3.66. The zero-order chi connectivity index (χ0) is 11.4. The Bertz CT molecular complexity index is 331. The van der Waals surface area contributed by atoms with E-state index in [1.807, 2.05) is 18.2 Å². The topological polar surface area (TPSA) is 35.2 Å². The molecule has 16 heavy (non-hydrogen) atoms. The van der Waals surface area contributed by atoms with Gasteiger partial charge in [-0.2, -0.15) is 0 Å². The van der Waals surface area contributed by atoms with Gasteiger partial charge < -0.3 is 10.5 Å². The van der Waals surface area contributed by atoms with Crippen LogP contribution in [0.3, 0.4) is 0 Å². The van der Waals surface area contributed by atoms with E-state index in [4.69, 9.17) is 10.5 Å². The van der Waals surface area contributed by atoms with E-state index in [-0.39, 0.29) is 6.04 Å². The first-order valence-corrected chi connectivity index (χ1v) is 6.21. The van der Waals surface area contributed by atoms with Crippen LogP contribution in [0, 0.1) is 5.92 Å². The predicted octanol–water partition coefficient (Wildman–Crippen LogP) is 3.28. The molecular weight excluding hydrogens is 198 g/mol. The Morgan fingerprint density at radius 1 is 1.19 bits per heavy atom. The van der Waals surface area contributed by atoms with Crippen molar-refractivity contribution in [2.75, 3.05) is 7.11 Å². The maximum absolute atomic E-state index is 6.37. The summed E-state index contributed by atoms with van der Waals surface area (Å²) in [5.41, 5.74) is 7.53. The van der Waals surface area contributed by atoms with E-state index in [1.165, 1.54) is 32.1 Å². The highest BCUT2D eigenvalue weighted by molar-refractivity contribution is 5.36. The van der Waals surface area contributed by atoms with Gasteiger partial charge in [-0.25, -0.2) is 0 Å². The molecule has 1 fully saturated rings. The number of hydrogen-bond donors (Lipinski definition) is 1. The summed E-state index contributed by atoms with van der Waals surface area (Å²) < 4.78 is 5.38. The van der Waals surface area contributed by atoms with Crippen LogP contribution in [-0.2, 0) is 0 Å². The van der Waals surface area contributed by atoms with Gasteiger partial charge in [-0.1, -0.05) is 37.5 Å². The van der Waals surface area contributed by atoms with Crippen molar-refractivity contribution in [3.63, 3.8) is 0 Å². The average molecular weight is 219 g/mol. The summed E-state index contributed by atoms with van der Waals surface area (Å²) in [5, 5.41) is 0. The Kier molecular flexibility index (Phi) is 3.83. The minimum Gasteiger partial charge on any atom is -0.496 e. The van der Waals surface area contributed by atoms with E-state index in [1.54, 1.807) is 7.11 Å². The average Bonchev–Trinajstić information content (AvgIpc) is 2.39. The minimum atomic E-state index is 0.136. The second-order valence-electron chi connectivity index (χ2n) is 4.67. The van der Waals surface area contributed by atoms with E-state index in [0.29, 0.717) is 5.92 Å². The highest BCUT2D eigenvalue weighted by Crippen LogP contribution is 2.36. The fourth-order valence-corrected chi connectivity index (χ4v) is 2.69. The smallest absolute Gasteiger partial charge is 0.123 e. The van der Waals surface area contributed by atoms with Gasteiger partial charge in [0.25, 0.3) is 0 Å². The molecule has 1 aliphatic carbocycles. The molecule has 1 aromatic carbocycles. The summed E-state index contributed by atoms with van der Waals surface area (Å²) >= 11 is 0. The second-order valence-corrected chi connectivity index (χ2v) is 4.67. The van der Waals surface area contributed by atoms with E-state index in [9.17, 15) is 0 Å². The van der Waals surface area contributed by atoms with Crippen molar-refractivity contribution in [1.82, 2.24) is 0 Å². The van der Waals surface area contributed by atoms with Crippen molar-refractivity contribution in [3.8, 4) is 5.75 Å². The molecular formula is C14H21NO. The first-order chi connectivity index (χ1) is 7.83. The molecule has 88 valence electrons. The molecule has 0 aliphatic heterocycles. The highest BCUT2D eigenvalue weighted by atomic mass is 16.5. The van der Waals surface area contributed by atoms with Crippen LogP contribution in [0.4, 0.5) is 0 Å². The number of benzene rings is 1. The Labute approximate surface area is 97.8 Å². The summed E-state index contributed by atoms with van der Waals surface area (Å²) in [5.74, 6) is 1.56. The van der Waals surface area contributed by atoms with E-state index in [0.717, 1.165) is 11.3 Å². The van der Waals surface area contributed by atoms with Gasteiger partial charge in [-0.3, -0.25) is 0 Å². The van der Waals surface area contributed by atoms with Crippen molar-refractivity contribution >= 4 is 0 Å². The van der Waals surface area contributed by atoms with Gasteiger partial charge in [-0.15, -0.1) is 0 Å². The zero-order valence-electron chi connectivity index (χ0n) is 9.99.